The van der Waals surface area contributed by atoms with E-state index in [0.29, 0.717) is 16.9 Å². The van der Waals surface area contributed by atoms with E-state index in [4.69, 9.17) is 10.6 Å². The summed E-state index contributed by atoms with van der Waals surface area (Å²) < 4.78 is 69.0. The van der Waals surface area contributed by atoms with Gasteiger partial charge in [0.25, 0.3) is 10.0 Å². The number of carbonyl (C=O) groups excluding carboxylic acids is 1. The lowest BCUT2D eigenvalue weighted by molar-refractivity contribution is -0.187. The van der Waals surface area contributed by atoms with E-state index < -0.39 is 27.7 Å². The smallest absolute Gasteiger partial charge is 0.471 e. The largest absolute Gasteiger partial charge is 0.482 e. The number of nitrogens with two attached hydrogens (primary N) is 1. The molecule has 0 unspecified atom stereocenters. The molecule has 1 amide bonds. The van der Waals surface area contributed by atoms with Gasteiger partial charge in [-0.05, 0) is 35.4 Å². The Hall–Kier alpha value is -2.89. The average molecular weight is 467 g/mol. The quantitative estimate of drug-likeness (QED) is 0.534. The third-order valence-electron chi connectivity index (χ3n) is 5.65. The van der Waals surface area contributed by atoms with Crippen LogP contribution in [-0.4, -0.2) is 44.1 Å². The maximum Gasteiger partial charge on any atom is 0.471 e. The molecule has 0 bridgehead atoms. The van der Waals surface area contributed by atoms with Gasteiger partial charge in [0.2, 0.25) is 0 Å². The maximum atomic E-state index is 12.8. The molecule has 3 N–H and O–H groups in total. The van der Waals surface area contributed by atoms with Crippen LogP contribution < -0.4 is 15.4 Å². The van der Waals surface area contributed by atoms with Gasteiger partial charge in [-0.25, -0.2) is 8.42 Å². The fourth-order valence-corrected chi connectivity index (χ4v) is 4.66. The number of nitrogens with one attached hydrogen (secondary N) is 1. The van der Waals surface area contributed by atoms with Crippen molar-refractivity contribution in [3.05, 3.63) is 65.7 Å². The topological polar surface area (TPSA) is 102 Å². The van der Waals surface area contributed by atoms with Gasteiger partial charge in [-0.15, -0.1) is 0 Å². The van der Waals surface area contributed by atoms with Gasteiger partial charge in [0.1, 0.15) is 11.4 Å². The minimum absolute atomic E-state index is 0.0503. The molecule has 7 nitrogen and oxygen atoms in total. The van der Waals surface area contributed by atoms with Crippen LogP contribution in [-0.2, 0) is 14.8 Å². The van der Waals surface area contributed by atoms with E-state index in [1.54, 1.807) is 4.83 Å². The number of hydrazine groups is 1. The second kappa shape index (κ2) is 7.91. The first-order chi connectivity index (χ1) is 15.0. The third-order valence-corrected chi connectivity index (χ3v) is 6.84. The average Bonchev–Trinajstić information content (AvgIpc) is 2.78. The van der Waals surface area contributed by atoms with E-state index in [9.17, 15) is 26.4 Å². The van der Waals surface area contributed by atoms with Gasteiger partial charge in [0.05, 0.1) is 4.90 Å². The highest BCUT2D eigenvalue weighted by molar-refractivity contribution is 7.89. The Morgan fingerprint density at radius 1 is 1.09 bits per heavy atom. The van der Waals surface area contributed by atoms with Crippen LogP contribution in [0.4, 0.5) is 13.2 Å². The highest BCUT2D eigenvalue weighted by Gasteiger charge is 2.47. The molecule has 170 valence electrons. The zero-order valence-electron chi connectivity index (χ0n) is 16.7. The highest BCUT2D eigenvalue weighted by Crippen LogP contribution is 2.44. The maximum absolute atomic E-state index is 12.8. The minimum Gasteiger partial charge on any atom is -0.482 e. The molecule has 2 aromatic rings. The molecule has 2 aromatic carbocycles. The molecule has 0 aliphatic carbocycles. The highest BCUT2D eigenvalue weighted by atomic mass is 32.2. The number of hydrogen-bond acceptors (Lipinski definition) is 5. The van der Waals surface area contributed by atoms with Crippen molar-refractivity contribution in [2.24, 2.45) is 5.84 Å². The number of rotatable bonds is 3. The molecule has 1 spiro atoms. The summed E-state index contributed by atoms with van der Waals surface area (Å²) in [7, 11) is -3.91. The zero-order valence-corrected chi connectivity index (χ0v) is 17.5. The van der Waals surface area contributed by atoms with Crippen molar-refractivity contribution in [3.8, 4) is 5.75 Å². The normalized spacial score (nSPS) is 18.0. The van der Waals surface area contributed by atoms with Crippen molar-refractivity contribution < 1.29 is 31.1 Å². The summed E-state index contributed by atoms with van der Waals surface area (Å²) in [4.78, 5) is 14.1. The Morgan fingerprint density at radius 2 is 1.75 bits per heavy atom. The Labute approximate surface area is 182 Å². The number of ether oxygens (including phenoxy) is 1. The molecule has 0 atom stereocenters. The van der Waals surface area contributed by atoms with E-state index in [0.717, 1.165) is 10.5 Å². The lowest BCUT2D eigenvalue weighted by Gasteiger charge is -2.43. The van der Waals surface area contributed by atoms with Gasteiger partial charge < -0.3 is 9.64 Å². The van der Waals surface area contributed by atoms with Gasteiger partial charge in [0, 0.05) is 31.5 Å². The molecule has 2 aliphatic heterocycles. The van der Waals surface area contributed by atoms with Gasteiger partial charge in [0.15, 0.2) is 0 Å². The lowest BCUT2D eigenvalue weighted by atomic mass is 9.83. The Bertz CT molecular complexity index is 1170. The summed E-state index contributed by atoms with van der Waals surface area (Å²) in [5.74, 6) is 3.68. The van der Waals surface area contributed by atoms with E-state index >= 15 is 0 Å². The first kappa shape index (κ1) is 22.3. The van der Waals surface area contributed by atoms with Crippen LogP contribution in [0.15, 0.2) is 59.5 Å². The second-order valence-electron chi connectivity index (χ2n) is 7.66. The molecular weight excluding hydrogens is 447 g/mol. The molecule has 1 fully saturated rings. The van der Waals surface area contributed by atoms with E-state index in [-0.39, 0.29) is 30.8 Å². The number of piperidine rings is 1. The fourth-order valence-electron chi connectivity index (χ4n) is 4.00. The summed E-state index contributed by atoms with van der Waals surface area (Å²) in [6.45, 7) is -0.231. The van der Waals surface area contributed by atoms with Crippen molar-refractivity contribution >= 4 is 21.5 Å². The van der Waals surface area contributed by atoms with Gasteiger partial charge in [-0.2, -0.15) is 18.0 Å². The van der Waals surface area contributed by atoms with Gasteiger partial charge in [-0.3, -0.25) is 10.6 Å². The summed E-state index contributed by atoms with van der Waals surface area (Å²) in [6.07, 6.45) is -2.79. The predicted octanol–water partition coefficient (Wildman–Crippen LogP) is 2.59. The number of likely N-dealkylation sites (tertiary alicyclic amines) is 1. The first-order valence-electron chi connectivity index (χ1n) is 9.75. The molecule has 0 aromatic heterocycles. The van der Waals surface area contributed by atoms with Crippen molar-refractivity contribution in [1.82, 2.24) is 9.73 Å². The van der Waals surface area contributed by atoms with Crippen LogP contribution in [0.25, 0.3) is 5.57 Å². The first-order valence-corrected chi connectivity index (χ1v) is 11.2. The van der Waals surface area contributed by atoms with Gasteiger partial charge >= 0.3 is 12.1 Å². The predicted molar refractivity (Wildman–Crippen MR) is 110 cm³/mol. The summed E-state index contributed by atoms with van der Waals surface area (Å²) in [5, 5.41) is 0. The van der Waals surface area contributed by atoms with Crippen molar-refractivity contribution in [3.63, 3.8) is 0 Å². The molecule has 2 aliphatic rings. The zero-order chi connectivity index (χ0) is 23.1. The van der Waals surface area contributed by atoms with Crippen LogP contribution in [0, 0.1) is 0 Å². The molecule has 2 heterocycles. The third kappa shape index (κ3) is 4.10. The summed E-state index contributed by atoms with van der Waals surface area (Å²) in [6, 6.07) is 13.5. The molecule has 11 heteroatoms. The van der Waals surface area contributed by atoms with Crippen LogP contribution in [0.2, 0.25) is 0 Å². The molecule has 32 heavy (non-hydrogen) atoms. The molecule has 0 radical (unpaired) electrons. The van der Waals surface area contributed by atoms with E-state index in [1.165, 1.54) is 18.2 Å². The monoisotopic (exact) mass is 467 g/mol. The fraction of sp³-hybridized carbons (Fsp3) is 0.286. The lowest BCUT2D eigenvalue weighted by Crippen LogP contribution is -2.52. The van der Waals surface area contributed by atoms with Crippen molar-refractivity contribution in [2.75, 3.05) is 13.1 Å². The Kier molecular flexibility index (Phi) is 5.51. The summed E-state index contributed by atoms with van der Waals surface area (Å²) in [5.41, 5.74) is 1.08. The van der Waals surface area contributed by atoms with E-state index in [2.05, 4.69) is 0 Å². The van der Waals surface area contributed by atoms with E-state index in [1.807, 2.05) is 36.4 Å². The number of halogens is 3. The van der Waals surface area contributed by atoms with Crippen molar-refractivity contribution in [1.29, 1.82) is 0 Å². The second-order valence-corrected chi connectivity index (χ2v) is 9.37. The van der Waals surface area contributed by atoms with Crippen LogP contribution in [0.5, 0.6) is 5.75 Å². The van der Waals surface area contributed by atoms with Crippen LogP contribution in [0.3, 0.4) is 0 Å². The molecule has 0 saturated carbocycles. The van der Waals surface area contributed by atoms with Crippen molar-refractivity contribution in [2.45, 2.75) is 29.5 Å². The summed E-state index contributed by atoms with van der Waals surface area (Å²) >= 11 is 0. The number of nitrogens with zero attached hydrogens (tertiary/aromatic N) is 1. The number of fused-ring (bicyclic) bond motifs is 1. The number of hydrogen-bond donors (Lipinski definition) is 2. The van der Waals surface area contributed by atoms with Gasteiger partial charge in [-0.1, -0.05) is 30.3 Å². The number of benzene rings is 2. The van der Waals surface area contributed by atoms with Crippen LogP contribution >= 0.6 is 0 Å². The number of alkyl halides is 3. The molecule has 4 rings (SSSR count). The molecule has 1 saturated heterocycles. The standard InChI is InChI=1S/C21H20F3N3O4S/c22-21(23,24)19(28)27-10-8-20(9-11-27)13-17(14-4-2-1-3-5-14)16-12-15(32(29,30)26-25)6-7-18(16)31-20/h1-7,12-13,26H,8-11,25H2. The number of amides is 1. The number of sulfonamides is 1. The SMILES string of the molecule is NNS(=O)(=O)c1ccc2c(c1)C(c1ccccc1)=CC1(CCN(C(=O)C(F)(F)F)CC1)O2. The molecular formula is C21H20F3N3O4S. The Balaban J connectivity index is 1.74. The Morgan fingerprint density at radius 3 is 2.34 bits per heavy atom. The number of carbonyl (C=O) groups is 1. The van der Waals surface area contributed by atoms with Crippen LogP contribution in [0.1, 0.15) is 24.0 Å². The minimum atomic E-state index is -4.92.